The van der Waals surface area contributed by atoms with Gasteiger partial charge < -0.3 is 23.0 Å². The quantitative estimate of drug-likeness (QED) is 0.271. The number of rotatable bonds is 12. The second kappa shape index (κ2) is 11.6. The number of unbranched alkanes of at least 4 members (excludes halogenated alkanes) is 1. The SMILES string of the molecule is CCCCOc1ccc(C(=O)N(Cc2ccc(OC)c(OS(C)(=O)=O)c2)Cc2ccco2)cc1. The van der Waals surface area contributed by atoms with Gasteiger partial charge in [0, 0.05) is 12.1 Å². The predicted octanol–water partition coefficient (Wildman–Crippen LogP) is 4.65. The number of nitrogens with zero attached hydrogens (tertiary/aromatic N) is 1. The van der Waals surface area contributed by atoms with Gasteiger partial charge in [-0.3, -0.25) is 4.79 Å². The topological polar surface area (TPSA) is 95.3 Å². The molecule has 34 heavy (non-hydrogen) atoms. The number of hydrogen-bond acceptors (Lipinski definition) is 7. The van der Waals surface area contributed by atoms with Crippen molar-refractivity contribution in [3.8, 4) is 17.2 Å². The molecular weight excluding hydrogens is 458 g/mol. The highest BCUT2D eigenvalue weighted by Gasteiger charge is 2.20. The Kier molecular flexibility index (Phi) is 8.59. The first-order valence-electron chi connectivity index (χ1n) is 10.9. The van der Waals surface area contributed by atoms with E-state index in [1.165, 1.54) is 7.11 Å². The van der Waals surface area contributed by atoms with Crippen LogP contribution in [0.15, 0.2) is 65.3 Å². The number of methoxy groups -OCH3 is 1. The average Bonchev–Trinajstić information content (AvgIpc) is 3.31. The van der Waals surface area contributed by atoms with Crippen molar-refractivity contribution in [2.75, 3.05) is 20.0 Å². The highest BCUT2D eigenvalue weighted by atomic mass is 32.2. The van der Waals surface area contributed by atoms with Crippen molar-refractivity contribution >= 4 is 16.0 Å². The number of benzene rings is 2. The van der Waals surface area contributed by atoms with Crippen LogP contribution in [-0.4, -0.2) is 39.2 Å². The largest absolute Gasteiger partial charge is 0.494 e. The number of furan rings is 1. The molecular formula is C25H29NO7S. The molecule has 9 heteroatoms. The summed E-state index contributed by atoms with van der Waals surface area (Å²) in [5, 5.41) is 0. The predicted molar refractivity (Wildman–Crippen MR) is 128 cm³/mol. The molecule has 0 aliphatic carbocycles. The van der Waals surface area contributed by atoms with E-state index in [0.29, 0.717) is 29.2 Å². The minimum atomic E-state index is -3.76. The summed E-state index contributed by atoms with van der Waals surface area (Å²) in [6.45, 7) is 3.15. The second-order valence-electron chi connectivity index (χ2n) is 7.74. The summed E-state index contributed by atoms with van der Waals surface area (Å²) < 4.78 is 44.7. The minimum Gasteiger partial charge on any atom is -0.494 e. The van der Waals surface area contributed by atoms with Gasteiger partial charge in [0.25, 0.3) is 5.91 Å². The summed E-state index contributed by atoms with van der Waals surface area (Å²) in [5.74, 6) is 1.45. The highest BCUT2D eigenvalue weighted by molar-refractivity contribution is 7.86. The molecule has 182 valence electrons. The van der Waals surface area contributed by atoms with Gasteiger partial charge in [-0.15, -0.1) is 0 Å². The van der Waals surface area contributed by atoms with Crippen LogP contribution in [0, 0.1) is 0 Å². The molecule has 3 aromatic rings. The lowest BCUT2D eigenvalue weighted by atomic mass is 10.1. The van der Waals surface area contributed by atoms with Crippen molar-refractivity contribution in [3.63, 3.8) is 0 Å². The summed E-state index contributed by atoms with van der Waals surface area (Å²) in [6, 6.07) is 15.5. The molecule has 1 heterocycles. The highest BCUT2D eigenvalue weighted by Crippen LogP contribution is 2.30. The Hall–Kier alpha value is -3.46. The molecule has 1 amide bonds. The van der Waals surface area contributed by atoms with Gasteiger partial charge in [-0.2, -0.15) is 8.42 Å². The first kappa shape index (κ1) is 25.2. The summed E-state index contributed by atoms with van der Waals surface area (Å²) in [4.78, 5) is 15.0. The maximum absolute atomic E-state index is 13.4. The van der Waals surface area contributed by atoms with Gasteiger partial charge in [-0.25, -0.2) is 0 Å². The van der Waals surface area contributed by atoms with Gasteiger partial charge in [0.05, 0.1) is 32.8 Å². The van der Waals surface area contributed by atoms with Gasteiger partial charge in [-0.1, -0.05) is 19.4 Å². The van der Waals surface area contributed by atoms with Gasteiger partial charge >= 0.3 is 10.1 Å². The molecule has 8 nitrogen and oxygen atoms in total. The van der Waals surface area contributed by atoms with Crippen molar-refractivity contribution in [2.45, 2.75) is 32.9 Å². The van der Waals surface area contributed by atoms with Gasteiger partial charge in [0.1, 0.15) is 11.5 Å². The van der Waals surface area contributed by atoms with Crippen LogP contribution >= 0.6 is 0 Å². The van der Waals surface area contributed by atoms with Crippen molar-refractivity contribution < 1.29 is 31.3 Å². The van der Waals surface area contributed by atoms with Crippen LogP contribution in [0.25, 0.3) is 0 Å². The van der Waals surface area contributed by atoms with Crippen molar-refractivity contribution in [1.82, 2.24) is 4.90 Å². The molecule has 0 bridgehead atoms. The van der Waals surface area contributed by atoms with Crippen LogP contribution in [0.2, 0.25) is 0 Å². The third-order valence-corrected chi connectivity index (χ3v) is 5.41. The zero-order chi connectivity index (χ0) is 24.6. The van der Waals surface area contributed by atoms with Gasteiger partial charge in [0.15, 0.2) is 11.5 Å². The minimum absolute atomic E-state index is 0.0569. The lowest BCUT2D eigenvalue weighted by molar-refractivity contribution is 0.0717. The monoisotopic (exact) mass is 487 g/mol. The molecule has 0 radical (unpaired) electrons. The number of ether oxygens (including phenoxy) is 2. The lowest BCUT2D eigenvalue weighted by Crippen LogP contribution is -2.30. The molecule has 2 aromatic carbocycles. The van der Waals surface area contributed by atoms with Gasteiger partial charge in [-0.05, 0) is 60.5 Å². The van der Waals surface area contributed by atoms with Crippen LogP contribution in [0.5, 0.6) is 17.2 Å². The van der Waals surface area contributed by atoms with Crippen LogP contribution < -0.4 is 13.7 Å². The first-order chi connectivity index (χ1) is 16.3. The fourth-order valence-corrected chi connectivity index (χ4v) is 3.73. The Labute approximate surface area is 200 Å². The summed E-state index contributed by atoms with van der Waals surface area (Å²) >= 11 is 0. The Morgan fingerprint density at radius 1 is 1.03 bits per heavy atom. The molecule has 0 unspecified atom stereocenters. The zero-order valence-corrected chi connectivity index (χ0v) is 20.3. The molecule has 0 saturated heterocycles. The average molecular weight is 488 g/mol. The Morgan fingerprint density at radius 2 is 1.79 bits per heavy atom. The van der Waals surface area contributed by atoms with Crippen LogP contribution in [0.1, 0.15) is 41.4 Å². The summed E-state index contributed by atoms with van der Waals surface area (Å²) in [5.41, 5.74) is 1.16. The van der Waals surface area contributed by atoms with Gasteiger partial charge in [0.2, 0.25) is 0 Å². The fourth-order valence-electron chi connectivity index (χ4n) is 3.27. The van der Waals surface area contributed by atoms with E-state index in [0.717, 1.165) is 19.1 Å². The Morgan fingerprint density at radius 3 is 2.41 bits per heavy atom. The maximum atomic E-state index is 13.4. The Bertz CT molecular complexity index is 1170. The number of carbonyl (C=O) groups excluding carboxylic acids is 1. The number of hydrogen-bond donors (Lipinski definition) is 0. The summed E-state index contributed by atoms with van der Waals surface area (Å²) in [6.07, 6.45) is 4.51. The molecule has 0 aliphatic rings. The van der Waals surface area contributed by atoms with Crippen LogP contribution in [-0.2, 0) is 23.2 Å². The normalized spacial score (nSPS) is 11.1. The molecule has 3 rings (SSSR count). The van der Waals surface area contributed by atoms with E-state index in [1.54, 1.807) is 65.8 Å². The smallest absolute Gasteiger partial charge is 0.306 e. The molecule has 0 aliphatic heterocycles. The Balaban J connectivity index is 1.84. The van der Waals surface area contributed by atoms with E-state index in [1.807, 2.05) is 0 Å². The molecule has 0 atom stereocenters. The standard InChI is InChI=1S/C25H29NO7S/c1-4-5-14-31-21-11-9-20(10-12-21)25(27)26(18-22-7-6-15-32-22)17-19-8-13-23(30-2)24(16-19)33-34(3,28)29/h6-13,15-16H,4-5,14,17-18H2,1-3H3. The molecule has 1 aromatic heterocycles. The number of amides is 1. The van der Waals surface area contributed by atoms with Crippen molar-refractivity contribution in [2.24, 2.45) is 0 Å². The first-order valence-corrected chi connectivity index (χ1v) is 12.7. The second-order valence-corrected chi connectivity index (χ2v) is 9.31. The summed E-state index contributed by atoms with van der Waals surface area (Å²) in [7, 11) is -2.33. The van der Waals surface area contributed by atoms with Crippen LogP contribution in [0.4, 0.5) is 0 Å². The van der Waals surface area contributed by atoms with E-state index >= 15 is 0 Å². The number of carbonyl (C=O) groups is 1. The van der Waals surface area contributed by atoms with E-state index in [-0.39, 0.29) is 30.5 Å². The maximum Gasteiger partial charge on any atom is 0.306 e. The third-order valence-electron chi connectivity index (χ3n) is 4.92. The molecule has 0 N–H and O–H groups in total. The van der Waals surface area contributed by atoms with E-state index in [4.69, 9.17) is 18.1 Å². The van der Waals surface area contributed by atoms with E-state index in [2.05, 4.69) is 6.92 Å². The third kappa shape index (κ3) is 7.28. The fraction of sp³-hybridized carbons (Fsp3) is 0.320. The molecule has 0 fully saturated rings. The lowest BCUT2D eigenvalue weighted by Gasteiger charge is -2.23. The zero-order valence-electron chi connectivity index (χ0n) is 19.5. The van der Waals surface area contributed by atoms with Crippen molar-refractivity contribution in [3.05, 3.63) is 77.7 Å². The molecule has 0 spiro atoms. The van der Waals surface area contributed by atoms with Crippen molar-refractivity contribution in [1.29, 1.82) is 0 Å². The van der Waals surface area contributed by atoms with E-state index < -0.39 is 10.1 Å². The van der Waals surface area contributed by atoms with E-state index in [9.17, 15) is 13.2 Å². The van der Waals surface area contributed by atoms with Crippen LogP contribution in [0.3, 0.4) is 0 Å². The molecule has 0 saturated carbocycles.